The summed E-state index contributed by atoms with van der Waals surface area (Å²) < 4.78 is 1.85. The zero-order chi connectivity index (χ0) is 14.8. The molecule has 0 spiro atoms. The highest BCUT2D eigenvalue weighted by Gasteiger charge is 2.06. The number of imidazole rings is 1. The highest BCUT2D eigenvalue weighted by Crippen LogP contribution is 2.22. The molecular formula is C16H13N5S. The lowest BCUT2D eigenvalue weighted by Gasteiger charge is -2.00. The van der Waals surface area contributed by atoms with E-state index in [-0.39, 0.29) is 0 Å². The van der Waals surface area contributed by atoms with Crippen LogP contribution in [0, 0.1) is 0 Å². The van der Waals surface area contributed by atoms with Gasteiger partial charge in [0, 0.05) is 10.5 Å². The standard InChI is InChI=1S/C16H13N5S/c1-2-4-13(5-3-1)22-11-21-9-16(19-20-21)12-6-7-14-15(8-12)18-10-17-14/h1-10H,11H2,(H,17,18). The molecule has 4 aromatic rings. The smallest absolute Gasteiger partial charge is 0.113 e. The quantitative estimate of drug-likeness (QED) is 0.586. The summed E-state index contributed by atoms with van der Waals surface area (Å²) in [5, 5.41) is 8.45. The topological polar surface area (TPSA) is 59.4 Å². The number of aromatic amines is 1. The second-order valence-electron chi connectivity index (χ2n) is 4.86. The normalized spacial score (nSPS) is 11.1. The van der Waals surface area contributed by atoms with Crippen molar-refractivity contribution in [3.05, 3.63) is 61.1 Å². The van der Waals surface area contributed by atoms with Crippen LogP contribution in [0.1, 0.15) is 0 Å². The van der Waals surface area contributed by atoms with Gasteiger partial charge in [0.2, 0.25) is 0 Å². The maximum atomic E-state index is 4.26. The predicted octanol–water partition coefficient (Wildman–Crippen LogP) is 3.57. The molecule has 0 aliphatic carbocycles. The molecular weight excluding hydrogens is 294 g/mol. The Kier molecular flexibility index (Phi) is 3.36. The molecule has 0 aliphatic heterocycles. The lowest BCUT2D eigenvalue weighted by Crippen LogP contribution is -1.94. The van der Waals surface area contributed by atoms with Crippen LogP contribution in [0.3, 0.4) is 0 Å². The highest BCUT2D eigenvalue weighted by atomic mass is 32.2. The van der Waals surface area contributed by atoms with Crippen LogP contribution in [-0.4, -0.2) is 25.0 Å². The molecule has 1 N–H and O–H groups in total. The molecule has 2 aromatic carbocycles. The van der Waals surface area contributed by atoms with Crippen LogP contribution in [0.25, 0.3) is 22.3 Å². The van der Waals surface area contributed by atoms with Crippen molar-refractivity contribution in [1.29, 1.82) is 0 Å². The fourth-order valence-corrected chi connectivity index (χ4v) is 3.00. The number of thioether (sulfide) groups is 1. The van der Waals surface area contributed by atoms with Gasteiger partial charge in [0.15, 0.2) is 0 Å². The summed E-state index contributed by atoms with van der Waals surface area (Å²) in [7, 11) is 0. The maximum Gasteiger partial charge on any atom is 0.113 e. The lowest BCUT2D eigenvalue weighted by molar-refractivity contribution is 0.701. The van der Waals surface area contributed by atoms with Crippen LogP contribution in [0.2, 0.25) is 0 Å². The second-order valence-corrected chi connectivity index (χ2v) is 5.88. The second kappa shape index (κ2) is 5.65. The summed E-state index contributed by atoms with van der Waals surface area (Å²) in [6.45, 7) is 0. The lowest BCUT2D eigenvalue weighted by atomic mass is 10.1. The first-order chi connectivity index (χ1) is 10.9. The van der Waals surface area contributed by atoms with E-state index < -0.39 is 0 Å². The fraction of sp³-hybridized carbons (Fsp3) is 0.0625. The Balaban J connectivity index is 1.53. The number of rotatable bonds is 4. The number of H-pyrrole nitrogens is 1. The average molecular weight is 307 g/mol. The minimum absolute atomic E-state index is 0.739. The van der Waals surface area contributed by atoms with Gasteiger partial charge in [-0.3, -0.25) is 0 Å². The van der Waals surface area contributed by atoms with E-state index in [1.807, 2.05) is 47.3 Å². The van der Waals surface area contributed by atoms with Gasteiger partial charge >= 0.3 is 0 Å². The van der Waals surface area contributed by atoms with Crippen molar-refractivity contribution in [3.8, 4) is 11.3 Å². The van der Waals surface area contributed by atoms with E-state index in [1.165, 1.54) is 4.90 Å². The number of hydrogen-bond acceptors (Lipinski definition) is 4. The van der Waals surface area contributed by atoms with Crippen LogP contribution < -0.4 is 0 Å². The Morgan fingerprint density at radius 1 is 1.09 bits per heavy atom. The molecule has 2 heterocycles. The molecule has 0 amide bonds. The summed E-state index contributed by atoms with van der Waals surface area (Å²) in [6, 6.07) is 16.3. The van der Waals surface area contributed by atoms with Gasteiger partial charge in [0.25, 0.3) is 0 Å². The van der Waals surface area contributed by atoms with Crippen LogP contribution in [0.4, 0.5) is 0 Å². The fourth-order valence-electron chi connectivity index (χ4n) is 2.25. The highest BCUT2D eigenvalue weighted by molar-refractivity contribution is 7.98. The van der Waals surface area contributed by atoms with E-state index in [2.05, 4.69) is 32.4 Å². The summed E-state index contributed by atoms with van der Waals surface area (Å²) in [4.78, 5) is 8.56. The molecule has 0 unspecified atom stereocenters. The van der Waals surface area contributed by atoms with Crippen LogP contribution in [0.5, 0.6) is 0 Å². The van der Waals surface area contributed by atoms with E-state index >= 15 is 0 Å². The Labute approximate surface area is 131 Å². The Morgan fingerprint density at radius 3 is 2.91 bits per heavy atom. The van der Waals surface area contributed by atoms with E-state index in [0.29, 0.717) is 0 Å². The number of benzene rings is 2. The van der Waals surface area contributed by atoms with Gasteiger partial charge < -0.3 is 4.98 Å². The molecule has 0 radical (unpaired) electrons. The zero-order valence-corrected chi connectivity index (χ0v) is 12.5. The third-order valence-electron chi connectivity index (χ3n) is 3.36. The van der Waals surface area contributed by atoms with Crippen molar-refractivity contribution < 1.29 is 0 Å². The van der Waals surface area contributed by atoms with Gasteiger partial charge in [0.05, 0.1) is 29.4 Å². The third kappa shape index (κ3) is 2.60. The number of fused-ring (bicyclic) bond motifs is 1. The average Bonchev–Trinajstić information content (AvgIpc) is 3.22. The largest absolute Gasteiger partial charge is 0.345 e. The first-order valence-corrected chi connectivity index (χ1v) is 7.88. The summed E-state index contributed by atoms with van der Waals surface area (Å²) in [6.07, 6.45) is 3.66. The van der Waals surface area contributed by atoms with Crippen LogP contribution >= 0.6 is 11.8 Å². The van der Waals surface area contributed by atoms with Gasteiger partial charge in [-0.05, 0) is 24.3 Å². The number of nitrogens with zero attached hydrogens (tertiary/aromatic N) is 4. The van der Waals surface area contributed by atoms with Gasteiger partial charge in [0.1, 0.15) is 5.69 Å². The molecule has 0 bridgehead atoms. The van der Waals surface area contributed by atoms with Crippen molar-refractivity contribution in [2.75, 3.05) is 0 Å². The molecule has 0 aliphatic rings. The Bertz CT molecular complexity index is 897. The SMILES string of the molecule is c1ccc(SCn2cc(-c3ccc4nc[nH]c4c3)nn2)cc1. The third-order valence-corrected chi connectivity index (χ3v) is 4.36. The van der Waals surface area contributed by atoms with E-state index in [0.717, 1.165) is 28.2 Å². The molecule has 108 valence electrons. The summed E-state index contributed by atoms with van der Waals surface area (Å²) in [5.74, 6) is 0.739. The van der Waals surface area contributed by atoms with Crippen molar-refractivity contribution in [3.63, 3.8) is 0 Å². The molecule has 0 saturated heterocycles. The van der Waals surface area contributed by atoms with Gasteiger partial charge in [-0.2, -0.15) is 0 Å². The zero-order valence-electron chi connectivity index (χ0n) is 11.7. The Morgan fingerprint density at radius 2 is 2.00 bits per heavy atom. The number of aromatic nitrogens is 5. The van der Waals surface area contributed by atoms with Crippen molar-refractivity contribution >= 4 is 22.8 Å². The van der Waals surface area contributed by atoms with Gasteiger partial charge in [-0.1, -0.05) is 29.5 Å². The Hall–Kier alpha value is -2.60. The minimum atomic E-state index is 0.739. The summed E-state index contributed by atoms with van der Waals surface area (Å²) >= 11 is 1.73. The first-order valence-electron chi connectivity index (χ1n) is 6.90. The van der Waals surface area contributed by atoms with Crippen LogP contribution in [-0.2, 0) is 5.88 Å². The summed E-state index contributed by atoms with van der Waals surface area (Å²) in [5.41, 5.74) is 3.86. The molecule has 4 rings (SSSR count). The van der Waals surface area contributed by atoms with Crippen LogP contribution in [0.15, 0.2) is 66.0 Å². The van der Waals surface area contributed by atoms with Crippen molar-refractivity contribution in [1.82, 2.24) is 25.0 Å². The molecule has 2 aromatic heterocycles. The van der Waals surface area contributed by atoms with Gasteiger partial charge in [-0.25, -0.2) is 9.67 Å². The van der Waals surface area contributed by atoms with Crippen molar-refractivity contribution in [2.45, 2.75) is 10.8 Å². The molecule has 6 heteroatoms. The van der Waals surface area contributed by atoms with Crippen molar-refractivity contribution in [2.24, 2.45) is 0 Å². The monoisotopic (exact) mass is 307 g/mol. The maximum absolute atomic E-state index is 4.26. The molecule has 0 fully saturated rings. The molecule has 0 atom stereocenters. The number of hydrogen-bond donors (Lipinski definition) is 1. The van der Waals surface area contributed by atoms with E-state index in [4.69, 9.17) is 0 Å². The van der Waals surface area contributed by atoms with E-state index in [9.17, 15) is 0 Å². The molecule has 22 heavy (non-hydrogen) atoms. The minimum Gasteiger partial charge on any atom is -0.345 e. The first kappa shape index (κ1) is 13.1. The number of nitrogens with one attached hydrogen (secondary N) is 1. The molecule has 5 nitrogen and oxygen atoms in total. The molecule has 0 saturated carbocycles. The van der Waals surface area contributed by atoms with Gasteiger partial charge in [-0.15, -0.1) is 16.9 Å². The van der Waals surface area contributed by atoms with E-state index in [1.54, 1.807) is 18.1 Å². The predicted molar refractivity (Wildman–Crippen MR) is 87.4 cm³/mol.